The van der Waals surface area contributed by atoms with E-state index in [1.54, 1.807) is 17.8 Å². The van der Waals surface area contributed by atoms with E-state index >= 15 is 0 Å². The molecule has 0 aromatic carbocycles. The van der Waals surface area contributed by atoms with Gasteiger partial charge in [-0.25, -0.2) is 5.01 Å². The molecule has 4 heteroatoms. The highest BCUT2D eigenvalue weighted by Crippen LogP contribution is 2.20. The summed E-state index contributed by atoms with van der Waals surface area (Å²) in [4.78, 5) is 3.85. The quantitative estimate of drug-likeness (QED) is 0.554. The first-order chi connectivity index (χ1) is 7.31. The van der Waals surface area contributed by atoms with Crippen LogP contribution in [0.2, 0.25) is 0 Å². The van der Waals surface area contributed by atoms with Crippen LogP contribution in [0.5, 0.6) is 0 Å². The van der Waals surface area contributed by atoms with Gasteiger partial charge in [0, 0.05) is 18.3 Å². The standard InChI is InChI=1S/C11H19N3S/c1-4-10(12-2)8-15-9-11-6-5-7-14(11)13-3/h4,8,11,13H,1-2,5-7,9H2,3H3/b10-8-. The van der Waals surface area contributed by atoms with E-state index in [0.29, 0.717) is 6.04 Å². The summed E-state index contributed by atoms with van der Waals surface area (Å²) < 4.78 is 0. The van der Waals surface area contributed by atoms with E-state index in [1.807, 2.05) is 12.5 Å². The Balaban J connectivity index is 2.33. The van der Waals surface area contributed by atoms with Gasteiger partial charge < -0.3 is 0 Å². The van der Waals surface area contributed by atoms with Crippen molar-refractivity contribution in [2.75, 3.05) is 19.3 Å². The molecule has 1 saturated heterocycles. The fraction of sp³-hybridized carbons (Fsp3) is 0.545. The molecule has 1 atom stereocenters. The van der Waals surface area contributed by atoms with Crippen LogP contribution in [-0.4, -0.2) is 37.1 Å². The highest BCUT2D eigenvalue weighted by Gasteiger charge is 2.22. The Morgan fingerprint density at radius 1 is 1.73 bits per heavy atom. The van der Waals surface area contributed by atoms with E-state index in [9.17, 15) is 0 Å². The maximum absolute atomic E-state index is 3.85. The number of hydrazine groups is 1. The van der Waals surface area contributed by atoms with Crippen molar-refractivity contribution >= 4 is 18.5 Å². The number of hydrogen-bond acceptors (Lipinski definition) is 4. The zero-order valence-electron chi connectivity index (χ0n) is 9.28. The average molecular weight is 225 g/mol. The van der Waals surface area contributed by atoms with Gasteiger partial charge in [-0.15, -0.1) is 11.8 Å². The molecular weight excluding hydrogens is 206 g/mol. The Morgan fingerprint density at radius 2 is 2.53 bits per heavy atom. The number of allylic oxidation sites excluding steroid dienone is 1. The SMILES string of the molecule is C=C/C(=C/SCC1CCCN1NC)N=C. The molecule has 1 heterocycles. The number of thioether (sulfide) groups is 1. The van der Waals surface area contributed by atoms with E-state index in [0.717, 1.165) is 18.0 Å². The van der Waals surface area contributed by atoms with Crippen molar-refractivity contribution in [1.82, 2.24) is 10.4 Å². The molecule has 84 valence electrons. The Bertz CT molecular complexity index is 240. The Kier molecular flexibility index (Phi) is 5.68. The van der Waals surface area contributed by atoms with E-state index in [-0.39, 0.29) is 0 Å². The third-order valence-electron chi connectivity index (χ3n) is 2.55. The van der Waals surface area contributed by atoms with Gasteiger partial charge in [0.2, 0.25) is 0 Å². The molecule has 1 aliphatic rings. The highest BCUT2D eigenvalue weighted by atomic mass is 32.2. The van der Waals surface area contributed by atoms with Crippen LogP contribution in [0.15, 0.2) is 28.8 Å². The molecule has 3 nitrogen and oxygen atoms in total. The van der Waals surface area contributed by atoms with Crippen molar-refractivity contribution in [1.29, 1.82) is 0 Å². The van der Waals surface area contributed by atoms with Crippen LogP contribution in [0.25, 0.3) is 0 Å². The summed E-state index contributed by atoms with van der Waals surface area (Å²) in [6, 6.07) is 0.632. The highest BCUT2D eigenvalue weighted by molar-refractivity contribution is 8.02. The minimum absolute atomic E-state index is 0.632. The second-order valence-electron chi connectivity index (χ2n) is 3.45. The maximum atomic E-state index is 3.85. The molecule has 0 bridgehead atoms. The first-order valence-corrected chi connectivity index (χ1v) is 6.21. The molecular formula is C11H19N3S. The molecule has 0 aliphatic carbocycles. The molecule has 0 aromatic rings. The van der Waals surface area contributed by atoms with Gasteiger partial charge in [-0.1, -0.05) is 6.58 Å². The number of nitrogens with zero attached hydrogens (tertiary/aromatic N) is 2. The summed E-state index contributed by atoms with van der Waals surface area (Å²) in [5.74, 6) is 1.09. The van der Waals surface area contributed by atoms with Crippen molar-refractivity contribution in [2.45, 2.75) is 18.9 Å². The van der Waals surface area contributed by atoms with Gasteiger partial charge >= 0.3 is 0 Å². The zero-order chi connectivity index (χ0) is 11.1. The largest absolute Gasteiger partial charge is 0.264 e. The minimum atomic E-state index is 0.632. The molecule has 1 fully saturated rings. The fourth-order valence-electron chi connectivity index (χ4n) is 1.70. The lowest BCUT2D eigenvalue weighted by atomic mass is 10.2. The van der Waals surface area contributed by atoms with Crippen LogP contribution >= 0.6 is 11.8 Å². The van der Waals surface area contributed by atoms with Gasteiger partial charge in [0.05, 0.1) is 5.70 Å². The molecule has 1 aliphatic heterocycles. The molecule has 0 saturated carbocycles. The van der Waals surface area contributed by atoms with Crippen LogP contribution in [0.4, 0.5) is 0 Å². The van der Waals surface area contributed by atoms with Crippen LogP contribution < -0.4 is 5.43 Å². The summed E-state index contributed by atoms with van der Waals surface area (Å²) in [6.45, 7) is 8.32. The van der Waals surface area contributed by atoms with Crippen molar-refractivity contribution in [3.8, 4) is 0 Å². The van der Waals surface area contributed by atoms with Gasteiger partial charge in [-0.3, -0.25) is 10.4 Å². The third kappa shape index (κ3) is 3.81. The number of rotatable bonds is 6. The molecule has 1 N–H and O–H groups in total. The zero-order valence-corrected chi connectivity index (χ0v) is 10.1. The maximum Gasteiger partial charge on any atom is 0.0679 e. The van der Waals surface area contributed by atoms with Crippen molar-refractivity contribution in [3.63, 3.8) is 0 Å². The van der Waals surface area contributed by atoms with Gasteiger partial charge in [0.15, 0.2) is 0 Å². The normalized spacial score (nSPS) is 23.0. The van der Waals surface area contributed by atoms with Crippen LogP contribution in [0.1, 0.15) is 12.8 Å². The van der Waals surface area contributed by atoms with Crippen molar-refractivity contribution < 1.29 is 0 Å². The van der Waals surface area contributed by atoms with E-state index in [1.165, 1.54) is 12.8 Å². The van der Waals surface area contributed by atoms with Crippen LogP contribution in [0, 0.1) is 0 Å². The molecule has 0 aromatic heterocycles. The lowest BCUT2D eigenvalue weighted by molar-refractivity contribution is 0.205. The fourth-order valence-corrected chi connectivity index (χ4v) is 2.70. The van der Waals surface area contributed by atoms with Gasteiger partial charge in [-0.2, -0.15) is 0 Å². The second kappa shape index (κ2) is 6.82. The third-order valence-corrected chi connectivity index (χ3v) is 3.53. The van der Waals surface area contributed by atoms with Crippen molar-refractivity contribution in [3.05, 3.63) is 23.8 Å². The average Bonchev–Trinajstić information content (AvgIpc) is 2.72. The molecule has 0 spiro atoms. The summed E-state index contributed by atoms with van der Waals surface area (Å²) in [6.07, 6.45) is 4.28. The number of nitrogens with one attached hydrogen (secondary N) is 1. The van der Waals surface area contributed by atoms with Gasteiger partial charge in [0.1, 0.15) is 0 Å². The lowest BCUT2D eigenvalue weighted by Crippen LogP contribution is -2.40. The lowest BCUT2D eigenvalue weighted by Gasteiger charge is -2.22. The van der Waals surface area contributed by atoms with E-state index in [4.69, 9.17) is 0 Å². The van der Waals surface area contributed by atoms with Crippen LogP contribution in [-0.2, 0) is 0 Å². The number of hydrogen-bond donors (Lipinski definition) is 1. The predicted molar refractivity (Wildman–Crippen MR) is 69.1 cm³/mol. The molecule has 1 rings (SSSR count). The van der Waals surface area contributed by atoms with Gasteiger partial charge in [-0.05, 0) is 38.1 Å². The van der Waals surface area contributed by atoms with Crippen molar-refractivity contribution in [2.24, 2.45) is 4.99 Å². The smallest absolute Gasteiger partial charge is 0.0679 e. The Labute approximate surface area is 96.3 Å². The molecule has 15 heavy (non-hydrogen) atoms. The predicted octanol–water partition coefficient (Wildman–Crippen LogP) is 2.05. The monoisotopic (exact) mass is 225 g/mol. The summed E-state index contributed by atoms with van der Waals surface area (Å²) in [5, 5.41) is 4.32. The van der Waals surface area contributed by atoms with E-state index < -0.39 is 0 Å². The Morgan fingerprint density at radius 3 is 3.13 bits per heavy atom. The van der Waals surface area contributed by atoms with Crippen LogP contribution in [0.3, 0.4) is 0 Å². The van der Waals surface area contributed by atoms with E-state index in [2.05, 4.69) is 28.7 Å². The number of aliphatic imine (C=N–C) groups is 1. The summed E-state index contributed by atoms with van der Waals surface area (Å²) in [7, 11) is 1.99. The first kappa shape index (κ1) is 12.5. The Hall–Kier alpha value is -0.580. The summed E-state index contributed by atoms with van der Waals surface area (Å²) in [5.41, 5.74) is 4.08. The molecule has 1 unspecified atom stereocenters. The second-order valence-corrected chi connectivity index (χ2v) is 4.35. The topological polar surface area (TPSA) is 27.6 Å². The molecule has 0 radical (unpaired) electrons. The first-order valence-electron chi connectivity index (χ1n) is 5.16. The van der Waals surface area contributed by atoms with Gasteiger partial charge in [0.25, 0.3) is 0 Å². The molecule has 0 amide bonds. The minimum Gasteiger partial charge on any atom is -0.264 e. The summed E-state index contributed by atoms with van der Waals surface area (Å²) >= 11 is 1.78.